The van der Waals surface area contributed by atoms with Crippen molar-refractivity contribution < 1.29 is 19.1 Å². The van der Waals surface area contributed by atoms with Gasteiger partial charge in [-0.1, -0.05) is 72.3 Å². The van der Waals surface area contributed by atoms with Gasteiger partial charge >= 0.3 is 11.4 Å². The molecule has 3 heterocycles. The average Bonchev–Trinajstić information content (AvgIpc) is 3.51. The van der Waals surface area contributed by atoms with E-state index in [1.165, 1.54) is 33.6 Å². The van der Waals surface area contributed by atoms with Crippen molar-refractivity contribution in [2.45, 2.75) is 36.8 Å². The molecule has 51 heavy (non-hydrogen) atoms. The van der Waals surface area contributed by atoms with Gasteiger partial charge in [-0.05, 0) is 78.1 Å². The predicted octanol–water partition coefficient (Wildman–Crippen LogP) is 5.65. The van der Waals surface area contributed by atoms with Gasteiger partial charge in [-0.2, -0.15) is 5.01 Å². The summed E-state index contributed by atoms with van der Waals surface area (Å²) in [5, 5.41) is 13.3. The van der Waals surface area contributed by atoms with Crippen LogP contribution >= 0.6 is 11.6 Å². The summed E-state index contributed by atoms with van der Waals surface area (Å²) in [6.45, 7) is 3.83. The van der Waals surface area contributed by atoms with E-state index < -0.39 is 52.3 Å². The molecule has 3 aliphatic rings. The number of hydrogen-bond acceptors (Lipinski definition) is 6. The van der Waals surface area contributed by atoms with E-state index in [1.54, 1.807) is 78.9 Å². The molecule has 2 fully saturated rings. The van der Waals surface area contributed by atoms with Crippen molar-refractivity contribution in [2.24, 2.45) is 5.92 Å². The number of aromatic nitrogens is 3. The second-order valence-electron chi connectivity index (χ2n) is 12.9. The second kappa shape index (κ2) is 12.1. The fourth-order valence-electron chi connectivity index (χ4n) is 8.22. The molecular formula is C39H31ClFN5O5. The van der Waals surface area contributed by atoms with Gasteiger partial charge in [0.05, 0.1) is 35.3 Å². The predicted molar refractivity (Wildman–Crippen MR) is 189 cm³/mol. The van der Waals surface area contributed by atoms with Gasteiger partial charge < -0.3 is 5.11 Å². The highest BCUT2D eigenvalue weighted by molar-refractivity contribution is 6.30. The lowest BCUT2D eigenvalue weighted by molar-refractivity contribution is -0.138. The number of fused-ring (bicyclic) bond motifs is 4. The third-order valence-electron chi connectivity index (χ3n) is 10.4. The third-order valence-corrected chi connectivity index (χ3v) is 10.6. The number of nitrogens with one attached hydrogen (secondary N) is 1. The minimum Gasteiger partial charge on any atom is -0.507 e. The molecule has 4 atom stereocenters. The number of para-hydroxylation sites is 2. The number of carbonyl (C=O) groups is 2. The first-order chi connectivity index (χ1) is 24.7. The van der Waals surface area contributed by atoms with Crippen LogP contribution < -0.4 is 16.8 Å². The first kappa shape index (κ1) is 32.3. The number of benzene rings is 4. The molecule has 2 amide bonds. The highest BCUT2D eigenvalue weighted by atomic mass is 35.5. The van der Waals surface area contributed by atoms with Crippen LogP contribution in [0.4, 0.5) is 10.1 Å². The van der Waals surface area contributed by atoms with Gasteiger partial charge in [-0.3, -0.25) is 15.0 Å². The normalized spacial score (nSPS) is 22.2. The molecule has 5 aromatic rings. The Hall–Kier alpha value is -5.94. The zero-order valence-corrected chi connectivity index (χ0v) is 27.8. The maximum atomic E-state index is 15.2. The van der Waals surface area contributed by atoms with E-state index in [0.717, 1.165) is 9.58 Å². The van der Waals surface area contributed by atoms with Crippen molar-refractivity contribution in [1.29, 1.82) is 0 Å². The number of imide groups is 1. The summed E-state index contributed by atoms with van der Waals surface area (Å²) >= 11 is 6.35. The molecule has 8 rings (SSSR count). The molecule has 256 valence electrons. The Balaban J connectivity index is 1.40. The Morgan fingerprint density at radius 3 is 2.35 bits per heavy atom. The smallest absolute Gasteiger partial charge is 0.352 e. The summed E-state index contributed by atoms with van der Waals surface area (Å²) in [7, 11) is 0. The molecule has 4 aromatic carbocycles. The van der Waals surface area contributed by atoms with E-state index >= 15 is 4.79 Å². The number of aromatic hydroxyl groups is 1. The summed E-state index contributed by atoms with van der Waals surface area (Å²) in [5.41, 5.74) is 2.84. The van der Waals surface area contributed by atoms with E-state index in [4.69, 9.17) is 11.6 Å². The molecule has 0 bridgehead atoms. The number of halogens is 2. The maximum absolute atomic E-state index is 15.2. The van der Waals surface area contributed by atoms with Crippen LogP contribution in [0.15, 0.2) is 131 Å². The first-order valence-electron chi connectivity index (χ1n) is 16.4. The molecule has 1 saturated heterocycles. The standard InChI is InChI=1S/C39H31ClFN5O5/c1-2-7-23-8-6-11-30(34(23)47)33-29-20-21-43-37(50)44(28-9-4-3-5-10-28)38(51)46(43)32(29)22-31-35(48)45(42-27-18-16-26(41)17-19-27)36(49)39(31,33)24-12-14-25(40)15-13-24/h2-6,8-20,31-33,42,47H,1,7,21-22H2. The number of phenols is 1. The Morgan fingerprint density at radius 1 is 0.922 bits per heavy atom. The van der Waals surface area contributed by atoms with Gasteiger partial charge in [0, 0.05) is 16.5 Å². The lowest BCUT2D eigenvalue weighted by Crippen LogP contribution is -2.53. The van der Waals surface area contributed by atoms with Crippen LogP contribution in [-0.2, 0) is 28.0 Å². The zero-order chi connectivity index (χ0) is 35.6. The van der Waals surface area contributed by atoms with Crippen LogP contribution in [0.1, 0.15) is 35.1 Å². The van der Waals surface area contributed by atoms with Gasteiger partial charge in [-0.25, -0.2) is 27.9 Å². The second-order valence-corrected chi connectivity index (χ2v) is 13.4. The molecule has 4 unspecified atom stereocenters. The monoisotopic (exact) mass is 703 g/mol. The van der Waals surface area contributed by atoms with E-state index in [2.05, 4.69) is 12.0 Å². The number of carbonyl (C=O) groups excluding carboxylic acids is 2. The Morgan fingerprint density at radius 2 is 1.65 bits per heavy atom. The van der Waals surface area contributed by atoms with E-state index in [9.17, 15) is 23.9 Å². The molecular weight excluding hydrogens is 673 g/mol. The Bertz CT molecular complexity index is 2380. The van der Waals surface area contributed by atoms with E-state index in [1.807, 2.05) is 6.08 Å². The summed E-state index contributed by atoms with van der Waals surface area (Å²) in [4.78, 5) is 58.1. The van der Waals surface area contributed by atoms with Gasteiger partial charge in [0.15, 0.2) is 0 Å². The third kappa shape index (κ3) is 4.75. The molecule has 12 heteroatoms. The number of allylic oxidation sites excluding steroid dienone is 3. The van der Waals surface area contributed by atoms with Crippen LogP contribution in [0.5, 0.6) is 5.75 Å². The molecule has 0 spiro atoms. The van der Waals surface area contributed by atoms with Gasteiger partial charge in [0.25, 0.3) is 11.8 Å². The Kier molecular flexibility index (Phi) is 7.68. The lowest BCUT2D eigenvalue weighted by Gasteiger charge is -2.49. The van der Waals surface area contributed by atoms with Crippen LogP contribution in [-0.4, -0.2) is 35.9 Å². The SMILES string of the molecule is C=CCc1cccc(C2C3=CCn4c(=O)n(-c5ccccc5)c(=O)n4C3CC3C(=O)N(Nc4ccc(F)cc4)C(=O)C32c2ccc(Cl)cc2)c1O. The maximum Gasteiger partial charge on any atom is 0.352 e. The molecule has 1 aromatic heterocycles. The molecule has 1 saturated carbocycles. The highest BCUT2D eigenvalue weighted by Crippen LogP contribution is 2.63. The zero-order valence-electron chi connectivity index (χ0n) is 27.1. The van der Waals surface area contributed by atoms with Crippen LogP contribution in [0.25, 0.3) is 5.69 Å². The molecule has 10 nitrogen and oxygen atoms in total. The fraction of sp³-hybridized carbons (Fsp3) is 0.179. The molecule has 2 N–H and O–H groups in total. The molecule has 2 aliphatic heterocycles. The number of nitrogens with zero attached hydrogens (tertiary/aromatic N) is 4. The highest BCUT2D eigenvalue weighted by Gasteiger charge is 2.69. The van der Waals surface area contributed by atoms with Crippen molar-refractivity contribution in [1.82, 2.24) is 18.9 Å². The van der Waals surface area contributed by atoms with Crippen molar-refractivity contribution in [3.05, 3.63) is 170 Å². The van der Waals surface area contributed by atoms with E-state index in [-0.39, 0.29) is 18.7 Å². The van der Waals surface area contributed by atoms with Crippen LogP contribution in [0.3, 0.4) is 0 Å². The van der Waals surface area contributed by atoms with Gasteiger partial charge in [0.1, 0.15) is 11.6 Å². The van der Waals surface area contributed by atoms with E-state index in [0.29, 0.717) is 45.1 Å². The number of anilines is 1. The topological polar surface area (TPSA) is 119 Å². The summed E-state index contributed by atoms with van der Waals surface area (Å²) in [5.74, 6) is -3.82. The lowest BCUT2D eigenvalue weighted by atomic mass is 9.53. The summed E-state index contributed by atoms with van der Waals surface area (Å²) < 4.78 is 17.7. The van der Waals surface area contributed by atoms with Crippen molar-refractivity contribution in [2.75, 3.05) is 5.43 Å². The first-order valence-corrected chi connectivity index (χ1v) is 16.8. The number of rotatable bonds is 7. The molecule has 0 radical (unpaired) electrons. The minimum atomic E-state index is -1.64. The quantitative estimate of drug-likeness (QED) is 0.167. The number of hydrazine groups is 1. The summed E-state index contributed by atoms with van der Waals surface area (Å²) in [6, 6.07) is 24.9. The number of phenolic OH excluding ortho intramolecular Hbond substituents is 1. The molecule has 1 aliphatic carbocycles. The van der Waals surface area contributed by atoms with Crippen LogP contribution in [0, 0.1) is 11.7 Å². The number of amides is 2. The largest absolute Gasteiger partial charge is 0.507 e. The number of hydrogen-bond donors (Lipinski definition) is 2. The van der Waals surface area contributed by atoms with Crippen molar-refractivity contribution >= 4 is 29.1 Å². The average molecular weight is 704 g/mol. The summed E-state index contributed by atoms with van der Waals surface area (Å²) in [6.07, 6.45) is 3.79. The minimum absolute atomic E-state index is 0.00436. The van der Waals surface area contributed by atoms with Gasteiger partial charge in [0.2, 0.25) is 0 Å². The Labute approximate surface area is 295 Å². The van der Waals surface area contributed by atoms with Crippen molar-refractivity contribution in [3.8, 4) is 11.4 Å². The van der Waals surface area contributed by atoms with Crippen molar-refractivity contribution in [3.63, 3.8) is 0 Å². The van der Waals surface area contributed by atoms with Crippen LogP contribution in [0.2, 0.25) is 5.02 Å². The fourth-order valence-corrected chi connectivity index (χ4v) is 8.35. The van der Waals surface area contributed by atoms with Gasteiger partial charge in [-0.15, -0.1) is 6.58 Å².